The molecule has 0 unspecified atom stereocenters. The minimum atomic E-state index is 0.894. The molecule has 1 heterocycles. The lowest BCUT2D eigenvalue weighted by molar-refractivity contribution is 0.669. The van der Waals surface area contributed by atoms with Crippen LogP contribution in [0.1, 0.15) is 0 Å². The number of fused-ring (bicyclic) bond motifs is 5. The van der Waals surface area contributed by atoms with Crippen molar-refractivity contribution in [1.82, 2.24) is 0 Å². The van der Waals surface area contributed by atoms with Gasteiger partial charge in [0.15, 0.2) is 0 Å². The topological polar surface area (TPSA) is 16.4 Å². The van der Waals surface area contributed by atoms with Gasteiger partial charge in [0.2, 0.25) is 0 Å². The van der Waals surface area contributed by atoms with Crippen molar-refractivity contribution in [3.05, 3.63) is 224 Å². The van der Waals surface area contributed by atoms with Gasteiger partial charge in [-0.1, -0.05) is 158 Å². The third kappa shape index (κ3) is 6.09. The van der Waals surface area contributed by atoms with Gasteiger partial charge in [0.1, 0.15) is 11.2 Å². The average Bonchev–Trinajstić information content (AvgIpc) is 3.65. The second-order valence-electron chi connectivity index (χ2n) is 15.0. The lowest BCUT2D eigenvalue weighted by atomic mass is 9.95. The Morgan fingerprint density at radius 1 is 0.276 bits per heavy atom. The van der Waals surface area contributed by atoms with Crippen LogP contribution >= 0.6 is 0 Å². The van der Waals surface area contributed by atoms with Gasteiger partial charge in [0.05, 0.1) is 5.69 Å². The van der Waals surface area contributed by atoms with Gasteiger partial charge in [-0.05, 0) is 127 Å². The fourth-order valence-corrected chi connectivity index (χ4v) is 8.46. The van der Waals surface area contributed by atoms with Crippen LogP contribution in [0.25, 0.3) is 88.0 Å². The van der Waals surface area contributed by atoms with Crippen LogP contribution in [0, 0.1) is 0 Å². The van der Waals surface area contributed by atoms with Crippen molar-refractivity contribution in [3.63, 3.8) is 0 Å². The zero-order chi connectivity index (χ0) is 38.4. The fraction of sp³-hybridized carbons (Fsp3) is 0. The molecule has 2 heteroatoms. The predicted octanol–water partition coefficient (Wildman–Crippen LogP) is 16.0. The number of nitrogens with zero attached hydrogens (tertiary/aromatic N) is 1. The highest BCUT2D eigenvalue weighted by atomic mass is 16.3. The predicted molar refractivity (Wildman–Crippen MR) is 245 cm³/mol. The summed E-state index contributed by atoms with van der Waals surface area (Å²) < 4.78 is 6.39. The molecule has 0 aliphatic heterocycles. The highest BCUT2D eigenvalue weighted by Crippen LogP contribution is 2.45. The zero-order valence-electron chi connectivity index (χ0n) is 31.7. The molecule has 0 N–H and O–H groups in total. The quantitative estimate of drug-likeness (QED) is 0.162. The SMILES string of the molecule is c1ccc(-c2ccc(N(c3cccc(-c4ccc5ccccc5c4)c3)c3ccc(-c4ccc5oc6cc7ccccc7cc6c5c4)cc3-c3ccccc3)cc2)cc1. The van der Waals surface area contributed by atoms with Crippen LogP contribution in [0.2, 0.25) is 0 Å². The van der Waals surface area contributed by atoms with E-state index in [9.17, 15) is 0 Å². The zero-order valence-corrected chi connectivity index (χ0v) is 31.7. The average molecular weight is 740 g/mol. The number of furan rings is 1. The molecular weight excluding hydrogens is 703 g/mol. The molecule has 0 atom stereocenters. The largest absolute Gasteiger partial charge is 0.456 e. The van der Waals surface area contributed by atoms with Crippen molar-refractivity contribution in [2.75, 3.05) is 4.90 Å². The Hall–Kier alpha value is -7.68. The molecule has 10 aromatic carbocycles. The summed E-state index contributed by atoms with van der Waals surface area (Å²) in [4.78, 5) is 2.41. The summed E-state index contributed by atoms with van der Waals surface area (Å²) >= 11 is 0. The van der Waals surface area contributed by atoms with Crippen LogP contribution in [0.15, 0.2) is 229 Å². The van der Waals surface area contributed by atoms with Crippen LogP contribution < -0.4 is 4.90 Å². The van der Waals surface area contributed by atoms with Gasteiger partial charge in [-0.3, -0.25) is 0 Å². The lowest BCUT2D eigenvalue weighted by Crippen LogP contribution is -2.11. The molecule has 0 aliphatic carbocycles. The normalized spacial score (nSPS) is 11.4. The van der Waals surface area contributed by atoms with E-state index in [0.29, 0.717) is 0 Å². The van der Waals surface area contributed by atoms with Crippen molar-refractivity contribution in [2.24, 2.45) is 0 Å². The maximum atomic E-state index is 6.39. The molecule has 0 amide bonds. The van der Waals surface area contributed by atoms with E-state index in [0.717, 1.165) is 61.3 Å². The van der Waals surface area contributed by atoms with E-state index in [1.54, 1.807) is 0 Å². The standard InChI is InChI=1S/C56H37NO/c1-3-12-38(13-4-1)40-24-28-49(29-25-40)57(50-21-11-20-43(33-50)46-23-22-39-14-7-8-17-42(39)32-46)54-30-26-47(34-51(54)41-15-5-2-6-16-41)48-27-31-55-52(36-48)53-35-44-18-9-10-19-45(44)37-56(53)58-55/h1-37H. The third-order valence-corrected chi connectivity index (χ3v) is 11.4. The summed E-state index contributed by atoms with van der Waals surface area (Å²) in [6, 6.07) is 80.9. The molecule has 0 saturated carbocycles. The molecular formula is C56H37NO. The molecule has 2 nitrogen and oxygen atoms in total. The van der Waals surface area contributed by atoms with Crippen molar-refractivity contribution in [3.8, 4) is 44.5 Å². The summed E-state index contributed by atoms with van der Waals surface area (Å²) in [7, 11) is 0. The van der Waals surface area contributed by atoms with Crippen molar-refractivity contribution >= 4 is 60.5 Å². The molecule has 0 saturated heterocycles. The van der Waals surface area contributed by atoms with E-state index in [1.807, 2.05) is 0 Å². The molecule has 0 fully saturated rings. The molecule has 0 radical (unpaired) electrons. The van der Waals surface area contributed by atoms with E-state index < -0.39 is 0 Å². The highest BCUT2D eigenvalue weighted by Gasteiger charge is 2.20. The minimum Gasteiger partial charge on any atom is -0.456 e. The molecule has 0 bridgehead atoms. The van der Waals surface area contributed by atoms with Gasteiger partial charge >= 0.3 is 0 Å². The first-order valence-corrected chi connectivity index (χ1v) is 19.8. The number of benzene rings is 10. The summed E-state index contributed by atoms with van der Waals surface area (Å²) in [6.45, 7) is 0. The maximum absolute atomic E-state index is 6.39. The molecule has 11 aromatic rings. The number of hydrogen-bond donors (Lipinski definition) is 0. The highest BCUT2D eigenvalue weighted by molar-refractivity contribution is 6.11. The summed E-state index contributed by atoms with van der Waals surface area (Å²) in [5.41, 5.74) is 14.4. The Labute approximate surface area is 337 Å². The smallest absolute Gasteiger partial charge is 0.136 e. The van der Waals surface area contributed by atoms with Crippen LogP contribution in [-0.4, -0.2) is 0 Å². The summed E-state index contributed by atoms with van der Waals surface area (Å²) in [5, 5.41) is 7.11. The van der Waals surface area contributed by atoms with Gasteiger partial charge in [-0.2, -0.15) is 0 Å². The number of anilines is 3. The number of rotatable bonds is 7. The van der Waals surface area contributed by atoms with Crippen LogP contribution in [0.5, 0.6) is 0 Å². The molecule has 11 rings (SSSR count). The van der Waals surface area contributed by atoms with Gasteiger partial charge in [0.25, 0.3) is 0 Å². The first-order chi connectivity index (χ1) is 28.7. The van der Waals surface area contributed by atoms with E-state index in [-0.39, 0.29) is 0 Å². The van der Waals surface area contributed by atoms with Gasteiger partial charge in [-0.25, -0.2) is 0 Å². The Morgan fingerprint density at radius 2 is 0.810 bits per heavy atom. The Kier molecular flexibility index (Phi) is 8.19. The van der Waals surface area contributed by atoms with Crippen LogP contribution in [-0.2, 0) is 0 Å². The summed E-state index contributed by atoms with van der Waals surface area (Å²) in [5.74, 6) is 0. The van der Waals surface area contributed by atoms with E-state index in [2.05, 4.69) is 229 Å². The molecule has 58 heavy (non-hydrogen) atoms. The van der Waals surface area contributed by atoms with Crippen molar-refractivity contribution in [1.29, 1.82) is 0 Å². The number of hydrogen-bond acceptors (Lipinski definition) is 2. The molecule has 1 aromatic heterocycles. The van der Waals surface area contributed by atoms with Gasteiger partial charge in [-0.15, -0.1) is 0 Å². The molecule has 272 valence electrons. The van der Waals surface area contributed by atoms with Crippen LogP contribution in [0.3, 0.4) is 0 Å². The van der Waals surface area contributed by atoms with E-state index >= 15 is 0 Å². The van der Waals surface area contributed by atoms with Gasteiger partial charge < -0.3 is 9.32 Å². The third-order valence-electron chi connectivity index (χ3n) is 11.4. The Bertz CT molecular complexity index is 3270. The van der Waals surface area contributed by atoms with Gasteiger partial charge in [0, 0.05) is 27.7 Å². The monoisotopic (exact) mass is 739 g/mol. The van der Waals surface area contributed by atoms with Crippen molar-refractivity contribution < 1.29 is 4.42 Å². The minimum absolute atomic E-state index is 0.894. The Morgan fingerprint density at radius 3 is 1.59 bits per heavy atom. The van der Waals surface area contributed by atoms with E-state index in [1.165, 1.54) is 43.8 Å². The lowest BCUT2D eigenvalue weighted by Gasteiger charge is -2.29. The van der Waals surface area contributed by atoms with Crippen LogP contribution in [0.4, 0.5) is 17.1 Å². The second kappa shape index (κ2) is 14.1. The van der Waals surface area contributed by atoms with Crippen molar-refractivity contribution in [2.45, 2.75) is 0 Å². The van der Waals surface area contributed by atoms with E-state index in [4.69, 9.17) is 4.42 Å². The first-order valence-electron chi connectivity index (χ1n) is 19.8. The fourth-order valence-electron chi connectivity index (χ4n) is 8.46. The maximum Gasteiger partial charge on any atom is 0.136 e. The Balaban J connectivity index is 1.08. The summed E-state index contributed by atoms with van der Waals surface area (Å²) in [6.07, 6.45) is 0. The first kappa shape index (κ1) is 33.6. The molecule has 0 spiro atoms. The molecule has 0 aliphatic rings. The second-order valence-corrected chi connectivity index (χ2v) is 15.0.